The van der Waals surface area contributed by atoms with E-state index in [-0.39, 0.29) is 0 Å². The first kappa shape index (κ1) is 19.2. The number of aromatic hydroxyl groups is 1. The second kappa shape index (κ2) is 9.34. The van der Waals surface area contributed by atoms with Crippen molar-refractivity contribution in [2.24, 2.45) is 0 Å². The number of methoxy groups -OCH3 is 1. The highest BCUT2D eigenvalue weighted by molar-refractivity contribution is 7.76. The number of benzene rings is 2. The molecule has 0 saturated carbocycles. The lowest BCUT2D eigenvalue weighted by Crippen LogP contribution is -2.02. The van der Waals surface area contributed by atoms with Crippen molar-refractivity contribution in [1.82, 2.24) is 0 Å². The van der Waals surface area contributed by atoms with Gasteiger partial charge in [-0.3, -0.25) is 0 Å². The zero-order valence-corrected chi connectivity index (χ0v) is 13.3. The number of phenolic OH excluding ortho intramolecular Hbond substituents is 1. The summed E-state index contributed by atoms with van der Waals surface area (Å²) < 4.78 is 44.1. The molecular weight excluding hydrogens is 331 g/mol. The molecule has 8 heteroatoms. The zero-order valence-electron chi connectivity index (χ0n) is 12.4. The van der Waals surface area contributed by atoms with Crippen molar-refractivity contribution >= 4 is 19.0 Å². The molecule has 23 heavy (non-hydrogen) atoms. The molecule has 0 aliphatic heterocycles. The lowest BCUT2D eigenvalue weighted by molar-refractivity contribution is 0.368. The largest absolute Gasteiger partial charge is 0.673 e. The smallest absolute Gasteiger partial charge is 0.508 e. The van der Waals surface area contributed by atoms with Crippen molar-refractivity contribution < 1.29 is 27.1 Å². The summed E-state index contributed by atoms with van der Waals surface area (Å²) >= 11 is 1.36. The van der Waals surface area contributed by atoms with Gasteiger partial charge in [-0.1, -0.05) is 24.3 Å². The van der Waals surface area contributed by atoms with Gasteiger partial charge < -0.3 is 27.1 Å². The number of hydrogen-bond donors (Lipinski definition) is 1. The van der Waals surface area contributed by atoms with E-state index in [1.165, 1.54) is 22.9 Å². The molecule has 0 radical (unpaired) electrons. The van der Waals surface area contributed by atoms with Crippen LogP contribution in [0.4, 0.5) is 17.3 Å². The van der Waals surface area contributed by atoms with Gasteiger partial charge in [-0.2, -0.15) is 0 Å². The molecule has 126 valence electrons. The van der Waals surface area contributed by atoms with Crippen LogP contribution in [0.15, 0.2) is 48.5 Å². The van der Waals surface area contributed by atoms with Crippen LogP contribution >= 0.6 is 0 Å². The number of phenols is 1. The van der Waals surface area contributed by atoms with Crippen LogP contribution in [0.5, 0.6) is 11.5 Å². The van der Waals surface area contributed by atoms with Crippen molar-refractivity contribution in [3.63, 3.8) is 0 Å². The highest BCUT2D eigenvalue weighted by Crippen LogP contribution is 2.14. The average molecular weight is 348 g/mol. The van der Waals surface area contributed by atoms with E-state index in [4.69, 9.17) is 4.74 Å². The molecule has 0 saturated heterocycles. The highest BCUT2D eigenvalue weighted by atomic mass is 32.2. The Bertz CT molecular complexity index is 568. The van der Waals surface area contributed by atoms with E-state index < -0.39 is 7.25 Å². The molecule has 2 aromatic carbocycles. The molecule has 2 nitrogen and oxygen atoms in total. The van der Waals surface area contributed by atoms with Crippen molar-refractivity contribution in [2.45, 2.75) is 11.5 Å². The third-order valence-electron chi connectivity index (χ3n) is 2.68. The Labute approximate surface area is 136 Å². The Morgan fingerprint density at radius 1 is 0.870 bits per heavy atom. The van der Waals surface area contributed by atoms with Crippen molar-refractivity contribution in [1.29, 1.82) is 0 Å². The maximum Gasteiger partial charge on any atom is 0.673 e. The SMILES string of the molecule is COc1ccc(C[SH+]Cc2ccc(O)cc2)cc1.F[B-](F)(F)F. The minimum atomic E-state index is -6.00. The van der Waals surface area contributed by atoms with Gasteiger partial charge in [0.25, 0.3) is 0 Å². The number of thiol groups is 1. The predicted octanol–water partition coefficient (Wildman–Crippen LogP) is 4.22. The van der Waals surface area contributed by atoms with Gasteiger partial charge in [0, 0.05) is 11.1 Å². The lowest BCUT2D eigenvalue weighted by Gasteiger charge is -2.00. The van der Waals surface area contributed by atoms with Gasteiger partial charge in [0.1, 0.15) is 23.0 Å². The third kappa shape index (κ3) is 9.73. The van der Waals surface area contributed by atoms with Gasteiger partial charge in [-0.25, -0.2) is 0 Å². The molecular formula is C15H17BF4O2S. The Morgan fingerprint density at radius 2 is 1.26 bits per heavy atom. The number of rotatable bonds is 5. The molecule has 0 heterocycles. The van der Waals surface area contributed by atoms with Crippen molar-refractivity contribution in [2.75, 3.05) is 7.11 Å². The Morgan fingerprint density at radius 3 is 1.65 bits per heavy atom. The Hall–Kier alpha value is -1.83. The maximum atomic E-state index is 9.75. The van der Waals surface area contributed by atoms with Crippen LogP contribution in [-0.4, -0.2) is 19.5 Å². The van der Waals surface area contributed by atoms with E-state index >= 15 is 0 Å². The summed E-state index contributed by atoms with van der Waals surface area (Å²) in [7, 11) is -4.32. The molecule has 0 aliphatic rings. The fourth-order valence-corrected chi connectivity index (χ4v) is 2.70. The zero-order chi connectivity index (χ0) is 17.3. The van der Waals surface area contributed by atoms with E-state index in [9.17, 15) is 22.4 Å². The molecule has 0 atom stereocenters. The predicted molar refractivity (Wildman–Crippen MR) is 87.5 cm³/mol. The number of hydrogen-bond acceptors (Lipinski definition) is 2. The van der Waals surface area contributed by atoms with Crippen LogP contribution in [0.2, 0.25) is 0 Å². The normalized spacial score (nSPS) is 10.7. The molecule has 0 aliphatic carbocycles. The summed E-state index contributed by atoms with van der Waals surface area (Å²) in [4.78, 5) is 0. The fraction of sp³-hybridized carbons (Fsp3) is 0.200. The van der Waals surface area contributed by atoms with Crippen LogP contribution < -0.4 is 4.74 Å². The molecule has 2 rings (SSSR count). The maximum absolute atomic E-state index is 9.75. The minimum Gasteiger partial charge on any atom is -0.508 e. The van der Waals surface area contributed by atoms with E-state index in [1.807, 2.05) is 24.3 Å². The number of ether oxygens (including phenoxy) is 1. The van der Waals surface area contributed by atoms with Gasteiger partial charge in [0.15, 0.2) is 0 Å². The Balaban J connectivity index is 0.000000463. The van der Waals surface area contributed by atoms with Crippen molar-refractivity contribution in [3.05, 3.63) is 59.7 Å². The first-order valence-electron chi connectivity index (χ1n) is 6.69. The lowest BCUT2D eigenvalue weighted by atomic mass is 10.2. The molecule has 2 aromatic rings. The quantitative estimate of drug-likeness (QED) is 0.380. The second-order valence-corrected chi connectivity index (χ2v) is 5.63. The second-order valence-electron chi connectivity index (χ2n) is 4.55. The molecule has 0 amide bonds. The summed E-state index contributed by atoms with van der Waals surface area (Å²) in [6, 6.07) is 15.6. The van der Waals surface area contributed by atoms with Crippen LogP contribution in [0.25, 0.3) is 0 Å². The van der Waals surface area contributed by atoms with Crippen molar-refractivity contribution in [3.8, 4) is 11.5 Å². The van der Waals surface area contributed by atoms with E-state index in [2.05, 4.69) is 12.1 Å². The van der Waals surface area contributed by atoms with Crippen LogP contribution in [0.3, 0.4) is 0 Å². The van der Waals surface area contributed by atoms with Gasteiger partial charge in [0.2, 0.25) is 0 Å². The standard InChI is InChI=1S/C15H16O2S.BF4/c1-17-15-8-4-13(5-9-15)11-18-10-12-2-6-14(16)7-3-12;2-1(3,4)5/h2-9,16H,10-11H2,1H3;/q;-1/p+1. The molecule has 0 fully saturated rings. The summed E-state index contributed by atoms with van der Waals surface area (Å²) in [6.45, 7) is 0. The van der Waals surface area contributed by atoms with Crippen LogP contribution in [-0.2, 0) is 23.3 Å². The fourth-order valence-electron chi connectivity index (χ4n) is 1.65. The molecule has 0 bridgehead atoms. The summed E-state index contributed by atoms with van der Waals surface area (Å²) in [6.07, 6.45) is 0. The molecule has 1 N–H and O–H groups in total. The van der Waals surface area contributed by atoms with E-state index in [0.717, 1.165) is 17.3 Å². The average Bonchev–Trinajstić information content (AvgIpc) is 2.48. The molecule has 0 unspecified atom stereocenters. The van der Waals surface area contributed by atoms with Crippen LogP contribution in [0, 0.1) is 0 Å². The topological polar surface area (TPSA) is 29.5 Å². The highest BCUT2D eigenvalue weighted by Gasteiger charge is 2.20. The first-order chi connectivity index (χ1) is 10.8. The van der Waals surface area contributed by atoms with Gasteiger partial charge in [0.05, 0.1) is 7.11 Å². The summed E-state index contributed by atoms with van der Waals surface area (Å²) in [5, 5.41) is 9.20. The van der Waals surface area contributed by atoms with Gasteiger partial charge in [-0.05, 0) is 36.0 Å². The summed E-state index contributed by atoms with van der Waals surface area (Å²) in [5.41, 5.74) is 2.57. The van der Waals surface area contributed by atoms with Gasteiger partial charge in [-0.15, -0.1) is 0 Å². The minimum absolute atomic E-state index is 0.325. The van der Waals surface area contributed by atoms with E-state index in [0.29, 0.717) is 5.75 Å². The van der Waals surface area contributed by atoms with Crippen LogP contribution in [0.1, 0.15) is 11.1 Å². The molecule has 0 aromatic heterocycles. The first-order valence-corrected chi connectivity index (χ1v) is 7.96. The monoisotopic (exact) mass is 348 g/mol. The van der Waals surface area contributed by atoms with E-state index in [1.54, 1.807) is 19.2 Å². The van der Waals surface area contributed by atoms with Gasteiger partial charge >= 0.3 is 7.25 Å². The third-order valence-corrected chi connectivity index (χ3v) is 3.86. The Kier molecular flexibility index (Phi) is 7.81. The summed E-state index contributed by atoms with van der Waals surface area (Å²) in [5.74, 6) is 3.26. The number of halogens is 4. The molecule has 0 spiro atoms.